The van der Waals surface area contributed by atoms with Crippen molar-refractivity contribution in [2.45, 2.75) is 39.5 Å². The number of ether oxygens (including phenoxy) is 1. The lowest BCUT2D eigenvalue weighted by molar-refractivity contribution is -0.145. The van der Waals surface area contributed by atoms with Crippen LogP contribution in [0.4, 0.5) is 4.39 Å². The maximum absolute atomic E-state index is 13.4. The first kappa shape index (κ1) is 15.7. The summed E-state index contributed by atoms with van der Waals surface area (Å²) in [6, 6.07) is 5.03. The fourth-order valence-corrected chi connectivity index (χ4v) is 2.89. The van der Waals surface area contributed by atoms with E-state index in [1.54, 1.807) is 6.07 Å². The van der Waals surface area contributed by atoms with Crippen molar-refractivity contribution in [2.24, 2.45) is 11.8 Å². The van der Waals surface area contributed by atoms with Crippen LogP contribution in [0.1, 0.15) is 44.2 Å². The fraction of sp³-hybridized carbons (Fsp3) is 0.500. The standard InChI is InChI=1S/C18H23FO2/c1-12(4-5-13(2)18(20)21-3)10-15-7-6-14-8-9-16(19)11-17(14)15/h7-9,11-13H,4-6,10H2,1-3H3/t12-,13+/m0/s1. The number of rotatable bonds is 6. The van der Waals surface area contributed by atoms with Gasteiger partial charge in [0.15, 0.2) is 0 Å². The van der Waals surface area contributed by atoms with Crippen LogP contribution < -0.4 is 0 Å². The zero-order chi connectivity index (χ0) is 15.4. The van der Waals surface area contributed by atoms with Crippen molar-refractivity contribution in [1.29, 1.82) is 0 Å². The highest BCUT2D eigenvalue weighted by atomic mass is 19.1. The van der Waals surface area contributed by atoms with Crippen molar-refractivity contribution in [3.63, 3.8) is 0 Å². The first-order valence-electron chi connectivity index (χ1n) is 7.57. The van der Waals surface area contributed by atoms with Gasteiger partial charge in [-0.1, -0.05) is 26.0 Å². The molecule has 2 atom stereocenters. The summed E-state index contributed by atoms with van der Waals surface area (Å²) in [4.78, 5) is 11.4. The first-order chi connectivity index (χ1) is 10.0. The smallest absolute Gasteiger partial charge is 0.308 e. The van der Waals surface area contributed by atoms with Gasteiger partial charge in [-0.05, 0) is 60.4 Å². The lowest BCUT2D eigenvalue weighted by Gasteiger charge is -2.15. The molecule has 0 fully saturated rings. The van der Waals surface area contributed by atoms with E-state index in [0.29, 0.717) is 5.92 Å². The van der Waals surface area contributed by atoms with Crippen LogP contribution in [0.3, 0.4) is 0 Å². The number of methoxy groups -OCH3 is 1. The van der Waals surface area contributed by atoms with Crippen molar-refractivity contribution in [3.05, 3.63) is 41.2 Å². The molecule has 0 N–H and O–H groups in total. The molecule has 0 aliphatic heterocycles. The summed E-state index contributed by atoms with van der Waals surface area (Å²) in [6.45, 7) is 4.08. The van der Waals surface area contributed by atoms with Gasteiger partial charge in [0.2, 0.25) is 0 Å². The molecule has 1 aromatic carbocycles. The Morgan fingerprint density at radius 2 is 2.10 bits per heavy atom. The summed E-state index contributed by atoms with van der Waals surface area (Å²) >= 11 is 0. The molecule has 0 heterocycles. The summed E-state index contributed by atoms with van der Waals surface area (Å²) in [7, 11) is 1.43. The minimum atomic E-state index is -0.173. The Hall–Kier alpha value is -1.64. The molecular weight excluding hydrogens is 267 g/mol. The molecule has 0 bridgehead atoms. The molecule has 3 heteroatoms. The molecule has 0 spiro atoms. The number of carbonyl (C=O) groups excluding carboxylic acids is 1. The van der Waals surface area contributed by atoms with E-state index in [4.69, 9.17) is 4.74 Å². The lowest BCUT2D eigenvalue weighted by atomic mass is 9.91. The summed E-state index contributed by atoms with van der Waals surface area (Å²) in [5.74, 6) is 0.0977. The van der Waals surface area contributed by atoms with E-state index in [2.05, 4.69) is 13.0 Å². The van der Waals surface area contributed by atoms with Crippen LogP contribution in [-0.4, -0.2) is 13.1 Å². The van der Waals surface area contributed by atoms with Crippen LogP contribution in [0.15, 0.2) is 24.3 Å². The van der Waals surface area contributed by atoms with Gasteiger partial charge in [-0.25, -0.2) is 4.39 Å². The number of carbonyl (C=O) groups is 1. The van der Waals surface area contributed by atoms with Crippen LogP contribution in [0.2, 0.25) is 0 Å². The molecule has 0 saturated carbocycles. The van der Waals surface area contributed by atoms with Gasteiger partial charge in [0.25, 0.3) is 0 Å². The van der Waals surface area contributed by atoms with E-state index in [0.717, 1.165) is 31.2 Å². The topological polar surface area (TPSA) is 26.3 Å². The first-order valence-corrected chi connectivity index (χ1v) is 7.57. The van der Waals surface area contributed by atoms with Crippen molar-refractivity contribution in [1.82, 2.24) is 0 Å². The highest BCUT2D eigenvalue weighted by Gasteiger charge is 2.19. The van der Waals surface area contributed by atoms with E-state index in [-0.39, 0.29) is 17.7 Å². The Morgan fingerprint density at radius 3 is 2.81 bits per heavy atom. The number of allylic oxidation sites excluding steroid dienone is 2. The van der Waals surface area contributed by atoms with Gasteiger partial charge in [0.1, 0.15) is 5.82 Å². The Balaban J connectivity index is 1.89. The predicted octanol–water partition coefficient (Wildman–Crippen LogP) is 4.38. The van der Waals surface area contributed by atoms with Crippen LogP contribution in [0, 0.1) is 17.7 Å². The molecule has 0 radical (unpaired) electrons. The zero-order valence-corrected chi connectivity index (χ0v) is 13.0. The maximum Gasteiger partial charge on any atom is 0.308 e. The van der Waals surface area contributed by atoms with Gasteiger partial charge < -0.3 is 4.74 Å². The summed E-state index contributed by atoms with van der Waals surface area (Å²) in [5, 5.41) is 0. The SMILES string of the molecule is COC(=O)[C@H](C)CC[C@H](C)CC1=CCc2ccc(F)cc21. The average molecular weight is 290 g/mol. The van der Waals surface area contributed by atoms with Crippen molar-refractivity contribution >= 4 is 11.5 Å². The molecule has 1 aromatic rings. The van der Waals surface area contributed by atoms with Crippen LogP contribution in [0.5, 0.6) is 0 Å². The van der Waals surface area contributed by atoms with E-state index >= 15 is 0 Å². The predicted molar refractivity (Wildman–Crippen MR) is 82.3 cm³/mol. The number of fused-ring (bicyclic) bond motifs is 1. The lowest BCUT2D eigenvalue weighted by Crippen LogP contribution is -2.13. The second-order valence-electron chi connectivity index (χ2n) is 6.05. The Morgan fingerprint density at radius 1 is 1.33 bits per heavy atom. The number of halogens is 1. The molecule has 0 saturated heterocycles. The molecule has 1 aliphatic rings. The van der Waals surface area contributed by atoms with Gasteiger partial charge in [-0.3, -0.25) is 4.79 Å². The van der Waals surface area contributed by atoms with Crippen LogP contribution >= 0.6 is 0 Å². The van der Waals surface area contributed by atoms with E-state index < -0.39 is 0 Å². The van der Waals surface area contributed by atoms with Gasteiger partial charge >= 0.3 is 5.97 Å². The molecular formula is C18H23FO2. The molecule has 0 amide bonds. The molecule has 2 rings (SSSR count). The highest BCUT2D eigenvalue weighted by molar-refractivity contribution is 5.73. The minimum absolute atomic E-state index is 0.0558. The van der Waals surface area contributed by atoms with Gasteiger partial charge in [-0.2, -0.15) is 0 Å². The number of benzene rings is 1. The Labute approximate surface area is 126 Å². The largest absolute Gasteiger partial charge is 0.469 e. The fourth-order valence-electron chi connectivity index (χ4n) is 2.89. The van der Waals surface area contributed by atoms with Crippen molar-refractivity contribution < 1.29 is 13.9 Å². The third kappa shape index (κ3) is 3.93. The van der Waals surface area contributed by atoms with Gasteiger partial charge in [0, 0.05) is 0 Å². The minimum Gasteiger partial charge on any atom is -0.469 e. The quantitative estimate of drug-likeness (QED) is 0.727. The zero-order valence-electron chi connectivity index (χ0n) is 13.0. The summed E-state index contributed by atoms with van der Waals surface area (Å²) in [6.07, 6.45) is 5.83. The summed E-state index contributed by atoms with van der Waals surface area (Å²) < 4.78 is 18.1. The molecule has 0 aromatic heterocycles. The normalized spacial score (nSPS) is 16.1. The second kappa shape index (κ2) is 6.88. The van der Waals surface area contributed by atoms with E-state index in [1.807, 2.05) is 13.0 Å². The van der Waals surface area contributed by atoms with Crippen LogP contribution in [-0.2, 0) is 16.0 Å². The molecule has 21 heavy (non-hydrogen) atoms. The third-order valence-corrected chi connectivity index (χ3v) is 4.25. The average Bonchev–Trinajstić information content (AvgIpc) is 2.86. The molecule has 114 valence electrons. The molecule has 1 aliphatic carbocycles. The number of esters is 1. The molecule has 0 unspecified atom stereocenters. The maximum atomic E-state index is 13.4. The van der Waals surface area contributed by atoms with Crippen molar-refractivity contribution in [3.8, 4) is 0 Å². The van der Waals surface area contributed by atoms with Gasteiger partial charge in [0.05, 0.1) is 13.0 Å². The van der Waals surface area contributed by atoms with E-state index in [9.17, 15) is 9.18 Å². The summed E-state index contributed by atoms with van der Waals surface area (Å²) in [5.41, 5.74) is 3.51. The monoisotopic (exact) mass is 290 g/mol. The van der Waals surface area contributed by atoms with Gasteiger partial charge in [-0.15, -0.1) is 0 Å². The highest BCUT2D eigenvalue weighted by Crippen LogP contribution is 2.33. The molecule has 2 nitrogen and oxygen atoms in total. The third-order valence-electron chi connectivity index (χ3n) is 4.25. The van der Waals surface area contributed by atoms with E-state index in [1.165, 1.54) is 24.3 Å². The van der Waals surface area contributed by atoms with Crippen molar-refractivity contribution in [2.75, 3.05) is 7.11 Å². The Kier molecular flexibility index (Phi) is 5.16. The van der Waals surface area contributed by atoms with Crippen LogP contribution in [0.25, 0.3) is 5.57 Å². The second-order valence-corrected chi connectivity index (χ2v) is 6.05. The Bertz CT molecular complexity index is 548. The number of hydrogen-bond acceptors (Lipinski definition) is 2. The number of hydrogen-bond donors (Lipinski definition) is 0.